The average Bonchev–Trinajstić information content (AvgIpc) is 2.27. The first kappa shape index (κ1) is 11.9. The maximum absolute atomic E-state index is 5.71. The lowest BCUT2D eigenvalue weighted by molar-refractivity contribution is 0.220. The van der Waals surface area contributed by atoms with Crippen LogP contribution in [-0.4, -0.2) is 22.8 Å². The predicted octanol–water partition coefficient (Wildman–Crippen LogP) is 3.24. The van der Waals surface area contributed by atoms with Gasteiger partial charge in [0.2, 0.25) is 0 Å². The summed E-state index contributed by atoms with van der Waals surface area (Å²) in [5.41, 5.74) is 0.671. The van der Waals surface area contributed by atoms with E-state index >= 15 is 0 Å². The van der Waals surface area contributed by atoms with Gasteiger partial charge in [0.15, 0.2) is 0 Å². The van der Waals surface area contributed by atoms with E-state index in [0.29, 0.717) is 5.54 Å². The molecule has 2 nitrogen and oxygen atoms in total. The number of rotatable bonds is 5. The van der Waals surface area contributed by atoms with Gasteiger partial charge in [0.05, 0.1) is 0 Å². The minimum atomic E-state index is -1.96. The first-order valence-electron chi connectivity index (χ1n) is 5.50. The van der Waals surface area contributed by atoms with Gasteiger partial charge in [-0.1, -0.05) is 25.3 Å². The Hall–Kier alpha value is -0.123. The minimum absolute atomic E-state index is 0.671. The molecule has 0 aromatic heterocycles. The molecule has 0 saturated heterocycles. The Balaban J connectivity index is 2.67. The molecule has 0 bridgehead atoms. The molecule has 14 heavy (non-hydrogen) atoms. The molecule has 0 unspecified atom stereocenters. The highest BCUT2D eigenvalue weighted by Gasteiger charge is 2.43. The highest BCUT2D eigenvalue weighted by atomic mass is 28.4. The van der Waals surface area contributed by atoms with Gasteiger partial charge in [0, 0.05) is 25.8 Å². The van der Waals surface area contributed by atoms with E-state index in [2.05, 4.69) is 6.58 Å². The SMILES string of the molecule is C=CC[Si](OC)(OC)C1CCCCC1. The monoisotopic (exact) mass is 214 g/mol. The third kappa shape index (κ3) is 2.46. The fourth-order valence-electron chi connectivity index (χ4n) is 2.49. The van der Waals surface area contributed by atoms with Crippen molar-refractivity contribution in [2.45, 2.75) is 43.7 Å². The van der Waals surface area contributed by atoms with Crippen LogP contribution in [0, 0.1) is 0 Å². The van der Waals surface area contributed by atoms with Crippen LogP contribution in [0.5, 0.6) is 0 Å². The fraction of sp³-hybridized carbons (Fsp3) is 0.818. The smallest absolute Gasteiger partial charge is 0.344 e. The molecule has 0 spiro atoms. The standard InChI is InChI=1S/C11H22O2Si/c1-4-10-14(12-2,13-3)11-8-6-5-7-9-11/h4,11H,1,5-10H2,2-3H3. The highest BCUT2D eigenvalue weighted by molar-refractivity contribution is 6.69. The van der Waals surface area contributed by atoms with Gasteiger partial charge < -0.3 is 8.85 Å². The van der Waals surface area contributed by atoms with Gasteiger partial charge in [-0.2, -0.15) is 0 Å². The molecule has 0 amide bonds. The summed E-state index contributed by atoms with van der Waals surface area (Å²) in [7, 11) is 1.64. The summed E-state index contributed by atoms with van der Waals surface area (Å²) in [6.07, 6.45) is 8.56. The highest BCUT2D eigenvalue weighted by Crippen LogP contribution is 2.39. The number of allylic oxidation sites excluding steroid dienone is 1. The lowest BCUT2D eigenvalue weighted by Gasteiger charge is -2.36. The van der Waals surface area contributed by atoms with Crippen LogP contribution >= 0.6 is 0 Å². The number of hydrogen-bond donors (Lipinski definition) is 0. The Morgan fingerprint density at radius 3 is 2.21 bits per heavy atom. The van der Waals surface area contributed by atoms with Crippen molar-refractivity contribution in [2.24, 2.45) is 0 Å². The van der Waals surface area contributed by atoms with E-state index in [1.165, 1.54) is 32.1 Å². The van der Waals surface area contributed by atoms with Crippen LogP contribution in [0.2, 0.25) is 11.6 Å². The largest absolute Gasteiger partial charge is 0.397 e. The molecule has 1 saturated carbocycles. The molecule has 0 N–H and O–H groups in total. The zero-order valence-corrected chi connectivity index (χ0v) is 10.4. The molecular weight excluding hydrogens is 192 g/mol. The van der Waals surface area contributed by atoms with Crippen LogP contribution in [-0.2, 0) is 8.85 Å². The second-order valence-corrected chi connectivity index (χ2v) is 7.71. The first-order chi connectivity index (χ1) is 6.79. The normalized spacial score (nSPS) is 19.6. The van der Waals surface area contributed by atoms with E-state index in [-0.39, 0.29) is 0 Å². The predicted molar refractivity (Wildman–Crippen MR) is 61.6 cm³/mol. The Morgan fingerprint density at radius 2 is 1.79 bits per heavy atom. The molecule has 0 radical (unpaired) electrons. The molecule has 1 aliphatic carbocycles. The zero-order chi connectivity index (χ0) is 10.4. The Kier molecular flexibility index (Phi) is 4.85. The van der Waals surface area contributed by atoms with Gasteiger partial charge in [0.25, 0.3) is 0 Å². The van der Waals surface area contributed by atoms with Crippen molar-refractivity contribution in [1.82, 2.24) is 0 Å². The van der Waals surface area contributed by atoms with E-state index in [1.54, 1.807) is 14.2 Å². The van der Waals surface area contributed by atoms with E-state index in [0.717, 1.165) is 6.04 Å². The van der Waals surface area contributed by atoms with Crippen LogP contribution < -0.4 is 0 Å². The molecular formula is C11H22O2Si. The molecule has 0 aromatic carbocycles. The van der Waals surface area contributed by atoms with Crippen molar-refractivity contribution in [3.8, 4) is 0 Å². The Morgan fingerprint density at radius 1 is 1.21 bits per heavy atom. The van der Waals surface area contributed by atoms with Gasteiger partial charge in [0.1, 0.15) is 0 Å². The van der Waals surface area contributed by atoms with Crippen molar-refractivity contribution in [3.05, 3.63) is 12.7 Å². The van der Waals surface area contributed by atoms with E-state index < -0.39 is 8.56 Å². The van der Waals surface area contributed by atoms with E-state index in [1.807, 2.05) is 6.08 Å². The lowest BCUT2D eigenvalue weighted by atomic mass is 10.0. The van der Waals surface area contributed by atoms with Crippen molar-refractivity contribution >= 4 is 8.56 Å². The van der Waals surface area contributed by atoms with Gasteiger partial charge in [-0.15, -0.1) is 6.58 Å². The summed E-state index contributed by atoms with van der Waals surface area (Å²) in [5, 5.41) is 0. The van der Waals surface area contributed by atoms with Crippen molar-refractivity contribution < 1.29 is 8.85 Å². The van der Waals surface area contributed by atoms with Crippen molar-refractivity contribution in [3.63, 3.8) is 0 Å². The van der Waals surface area contributed by atoms with Gasteiger partial charge >= 0.3 is 8.56 Å². The van der Waals surface area contributed by atoms with Crippen LogP contribution in [0.15, 0.2) is 12.7 Å². The molecule has 3 heteroatoms. The molecule has 1 fully saturated rings. The quantitative estimate of drug-likeness (QED) is 0.517. The lowest BCUT2D eigenvalue weighted by Crippen LogP contribution is -2.45. The third-order valence-corrected chi connectivity index (χ3v) is 7.41. The van der Waals surface area contributed by atoms with Crippen LogP contribution in [0.1, 0.15) is 32.1 Å². The topological polar surface area (TPSA) is 18.5 Å². The fourth-order valence-corrected chi connectivity index (χ4v) is 5.68. The summed E-state index contributed by atoms with van der Waals surface area (Å²) in [4.78, 5) is 0. The van der Waals surface area contributed by atoms with E-state index in [4.69, 9.17) is 8.85 Å². The maximum atomic E-state index is 5.71. The Labute approximate surface area is 88.5 Å². The summed E-state index contributed by atoms with van der Waals surface area (Å²) >= 11 is 0. The average molecular weight is 214 g/mol. The second kappa shape index (κ2) is 5.68. The molecule has 0 aromatic rings. The summed E-state index contributed by atoms with van der Waals surface area (Å²) in [5.74, 6) is 0. The van der Waals surface area contributed by atoms with Gasteiger partial charge in [-0.3, -0.25) is 0 Å². The van der Waals surface area contributed by atoms with E-state index in [9.17, 15) is 0 Å². The van der Waals surface area contributed by atoms with Crippen LogP contribution in [0.3, 0.4) is 0 Å². The molecule has 82 valence electrons. The zero-order valence-electron chi connectivity index (χ0n) is 9.42. The van der Waals surface area contributed by atoms with Crippen molar-refractivity contribution in [2.75, 3.05) is 14.2 Å². The van der Waals surface area contributed by atoms with Crippen LogP contribution in [0.25, 0.3) is 0 Å². The number of hydrogen-bond acceptors (Lipinski definition) is 2. The van der Waals surface area contributed by atoms with Crippen molar-refractivity contribution in [1.29, 1.82) is 0 Å². The van der Waals surface area contributed by atoms with Crippen LogP contribution in [0.4, 0.5) is 0 Å². The summed E-state index contributed by atoms with van der Waals surface area (Å²) in [6, 6.07) is 0.921. The van der Waals surface area contributed by atoms with Gasteiger partial charge in [-0.05, 0) is 12.8 Å². The maximum Gasteiger partial charge on any atom is 0.344 e. The molecule has 0 heterocycles. The molecule has 1 aliphatic rings. The minimum Gasteiger partial charge on any atom is -0.397 e. The Bertz CT molecular complexity index is 172. The molecule has 1 rings (SSSR count). The molecule has 0 aliphatic heterocycles. The summed E-state index contributed by atoms with van der Waals surface area (Å²) in [6.45, 7) is 3.81. The van der Waals surface area contributed by atoms with Gasteiger partial charge in [-0.25, -0.2) is 0 Å². The third-order valence-electron chi connectivity index (χ3n) is 3.35. The second-order valence-electron chi connectivity index (χ2n) is 4.05. The summed E-state index contributed by atoms with van der Waals surface area (Å²) < 4.78 is 11.4. The molecule has 0 atom stereocenters. The first-order valence-corrected chi connectivity index (χ1v) is 7.60.